The minimum absolute atomic E-state index is 0.289. The van der Waals surface area contributed by atoms with E-state index in [-0.39, 0.29) is 5.82 Å². The summed E-state index contributed by atoms with van der Waals surface area (Å²) in [5.74, 6) is 0.0388. The van der Waals surface area contributed by atoms with Gasteiger partial charge in [0.2, 0.25) is 5.95 Å². The van der Waals surface area contributed by atoms with Gasteiger partial charge in [-0.25, -0.2) is 14.1 Å². The van der Waals surface area contributed by atoms with Crippen LogP contribution in [0.3, 0.4) is 0 Å². The van der Waals surface area contributed by atoms with Crippen molar-refractivity contribution in [2.75, 3.05) is 10.6 Å². The molecule has 3 rings (SSSR count). The lowest BCUT2D eigenvalue weighted by Crippen LogP contribution is -2.20. The number of benzene rings is 2. The summed E-state index contributed by atoms with van der Waals surface area (Å²) < 4.78 is 14.8. The smallest absolute Gasteiger partial charge is 0.248 e. The highest BCUT2D eigenvalue weighted by Crippen LogP contribution is 2.25. The van der Waals surface area contributed by atoms with Gasteiger partial charge in [0.1, 0.15) is 12.1 Å². The molecule has 2 N–H and O–H groups in total. The van der Waals surface area contributed by atoms with Gasteiger partial charge in [-0.15, -0.1) is 5.10 Å². The molecule has 0 atom stereocenters. The minimum Gasteiger partial charge on any atom is -0.332 e. The Balaban J connectivity index is 1.60. The summed E-state index contributed by atoms with van der Waals surface area (Å²) in [6, 6.07) is 11.4. The zero-order valence-electron chi connectivity index (χ0n) is 12.7. The Kier molecular flexibility index (Phi) is 5.47. The average Bonchev–Trinajstić information content (AvgIpc) is 2.98. The predicted octanol–water partition coefficient (Wildman–Crippen LogP) is 4.58. The first-order valence-electron chi connectivity index (χ1n) is 7.16. The molecule has 0 fully saturated rings. The van der Waals surface area contributed by atoms with Crippen LogP contribution in [0.25, 0.3) is 0 Å². The maximum absolute atomic E-state index is 13.2. The van der Waals surface area contributed by atoms with Crippen molar-refractivity contribution in [2.45, 2.75) is 6.54 Å². The van der Waals surface area contributed by atoms with Gasteiger partial charge in [0.05, 0.1) is 16.6 Å². The van der Waals surface area contributed by atoms with Crippen LogP contribution >= 0.6 is 35.4 Å². The van der Waals surface area contributed by atoms with Crippen molar-refractivity contribution in [3.8, 4) is 0 Å². The van der Waals surface area contributed by atoms with E-state index in [0.29, 0.717) is 33.3 Å². The highest BCUT2D eigenvalue weighted by atomic mass is 35.5. The van der Waals surface area contributed by atoms with Crippen LogP contribution in [0.4, 0.5) is 16.0 Å². The predicted molar refractivity (Wildman–Crippen MR) is 102 cm³/mol. The molecule has 0 spiro atoms. The second-order valence-electron chi connectivity index (χ2n) is 5.10. The van der Waals surface area contributed by atoms with Crippen molar-refractivity contribution in [3.05, 3.63) is 70.2 Å². The Labute approximate surface area is 158 Å². The van der Waals surface area contributed by atoms with Crippen LogP contribution < -0.4 is 10.6 Å². The highest BCUT2D eigenvalue weighted by molar-refractivity contribution is 7.80. The number of halogens is 3. The number of nitrogens with one attached hydrogen (secondary N) is 2. The molecule has 3 aromatic rings. The van der Waals surface area contributed by atoms with Crippen LogP contribution in [0.1, 0.15) is 5.56 Å². The zero-order chi connectivity index (χ0) is 17.8. The number of hydrogen-bond donors (Lipinski definition) is 2. The highest BCUT2D eigenvalue weighted by Gasteiger charge is 2.06. The molecule has 0 saturated heterocycles. The first-order valence-corrected chi connectivity index (χ1v) is 8.33. The largest absolute Gasteiger partial charge is 0.332 e. The van der Waals surface area contributed by atoms with Crippen LogP contribution in [0.5, 0.6) is 0 Å². The number of hydrogen-bond acceptors (Lipinski definition) is 3. The van der Waals surface area contributed by atoms with E-state index >= 15 is 0 Å². The fourth-order valence-corrected chi connectivity index (χ4v) is 2.60. The lowest BCUT2D eigenvalue weighted by Gasteiger charge is -2.08. The van der Waals surface area contributed by atoms with E-state index in [0.717, 1.165) is 5.56 Å². The first-order chi connectivity index (χ1) is 12.0. The summed E-state index contributed by atoms with van der Waals surface area (Å²) in [5.41, 5.74) is 1.47. The maximum Gasteiger partial charge on any atom is 0.248 e. The van der Waals surface area contributed by atoms with Gasteiger partial charge in [-0.2, -0.15) is 0 Å². The van der Waals surface area contributed by atoms with Gasteiger partial charge in [0.25, 0.3) is 0 Å². The molecule has 128 valence electrons. The van der Waals surface area contributed by atoms with Crippen molar-refractivity contribution in [1.29, 1.82) is 0 Å². The molecule has 1 heterocycles. The van der Waals surface area contributed by atoms with Gasteiger partial charge in [-0.1, -0.05) is 35.3 Å². The summed E-state index contributed by atoms with van der Waals surface area (Å²) >= 11 is 17.0. The van der Waals surface area contributed by atoms with Crippen LogP contribution in [0.2, 0.25) is 10.0 Å². The standard InChI is InChI=1S/C16H12Cl2FN5S/c17-13-5-4-12(7-14(13)18)21-16(25)22-15-20-9-24(23-15)8-10-2-1-3-11(19)6-10/h1-7,9H,8H2,(H2,21,22,23,25). The van der Waals surface area contributed by atoms with Crippen molar-refractivity contribution >= 4 is 52.2 Å². The molecule has 0 unspecified atom stereocenters. The Morgan fingerprint density at radius 2 is 1.96 bits per heavy atom. The summed E-state index contributed by atoms with van der Waals surface area (Å²) in [7, 11) is 0. The van der Waals surface area contributed by atoms with E-state index in [1.54, 1.807) is 28.9 Å². The molecular formula is C16H12Cl2FN5S. The van der Waals surface area contributed by atoms with E-state index in [2.05, 4.69) is 20.7 Å². The topological polar surface area (TPSA) is 54.8 Å². The average molecular weight is 396 g/mol. The fourth-order valence-electron chi connectivity index (χ4n) is 2.09. The van der Waals surface area contributed by atoms with Crippen molar-refractivity contribution < 1.29 is 4.39 Å². The fraction of sp³-hybridized carbons (Fsp3) is 0.0625. The van der Waals surface area contributed by atoms with Gasteiger partial charge in [-0.05, 0) is 48.1 Å². The van der Waals surface area contributed by atoms with Crippen molar-refractivity contribution in [3.63, 3.8) is 0 Å². The normalized spacial score (nSPS) is 10.5. The van der Waals surface area contributed by atoms with Gasteiger partial charge < -0.3 is 5.32 Å². The van der Waals surface area contributed by atoms with Crippen LogP contribution in [-0.4, -0.2) is 19.9 Å². The van der Waals surface area contributed by atoms with Gasteiger partial charge in [0.15, 0.2) is 5.11 Å². The Bertz CT molecular complexity index is 915. The molecule has 0 bridgehead atoms. The molecule has 0 amide bonds. The third-order valence-corrected chi connectivity index (χ3v) is 4.12. The van der Waals surface area contributed by atoms with Crippen molar-refractivity contribution in [2.24, 2.45) is 0 Å². The van der Waals surface area contributed by atoms with Crippen LogP contribution in [-0.2, 0) is 6.54 Å². The summed E-state index contributed by atoms with van der Waals surface area (Å²) in [4.78, 5) is 4.12. The molecule has 0 aliphatic heterocycles. The van der Waals surface area contributed by atoms with Crippen LogP contribution in [0.15, 0.2) is 48.8 Å². The molecule has 0 aliphatic carbocycles. The van der Waals surface area contributed by atoms with E-state index in [1.165, 1.54) is 18.5 Å². The zero-order valence-corrected chi connectivity index (χ0v) is 15.0. The number of rotatable bonds is 4. The lowest BCUT2D eigenvalue weighted by atomic mass is 10.2. The first kappa shape index (κ1) is 17.6. The van der Waals surface area contributed by atoms with Gasteiger partial charge in [0, 0.05) is 5.69 Å². The van der Waals surface area contributed by atoms with E-state index < -0.39 is 0 Å². The maximum atomic E-state index is 13.2. The number of thiocarbonyl (C=S) groups is 1. The lowest BCUT2D eigenvalue weighted by molar-refractivity contribution is 0.619. The molecule has 0 radical (unpaired) electrons. The van der Waals surface area contributed by atoms with Crippen molar-refractivity contribution in [1.82, 2.24) is 14.8 Å². The summed E-state index contributed by atoms with van der Waals surface area (Å²) in [5, 5.41) is 11.3. The Hall–Kier alpha value is -2.22. The van der Waals surface area contributed by atoms with E-state index in [1.807, 2.05) is 6.07 Å². The summed E-state index contributed by atoms with van der Waals surface area (Å²) in [6.07, 6.45) is 1.54. The number of nitrogens with zero attached hydrogens (tertiary/aromatic N) is 3. The third-order valence-electron chi connectivity index (χ3n) is 3.17. The molecular weight excluding hydrogens is 384 g/mol. The molecule has 9 heteroatoms. The Morgan fingerprint density at radius 3 is 2.72 bits per heavy atom. The van der Waals surface area contributed by atoms with Gasteiger partial charge in [-0.3, -0.25) is 5.32 Å². The quantitative estimate of drug-likeness (QED) is 0.633. The van der Waals surface area contributed by atoms with E-state index in [4.69, 9.17) is 35.4 Å². The monoisotopic (exact) mass is 395 g/mol. The third kappa shape index (κ3) is 4.88. The van der Waals surface area contributed by atoms with E-state index in [9.17, 15) is 4.39 Å². The number of aromatic nitrogens is 3. The Morgan fingerprint density at radius 1 is 1.12 bits per heavy atom. The molecule has 25 heavy (non-hydrogen) atoms. The molecule has 1 aromatic heterocycles. The molecule has 2 aromatic carbocycles. The van der Waals surface area contributed by atoms with Gasteiger partial charge >= 0.3 is 0 Å². The second kappa shape index (κ2) is 7.77. The van der Waals surface area contributed by atoms with Crippen LogP contribution in [0, 0.1) is 5.82 Å². The summed E-state index contributed by atoms with van der Waals surface area (Å²) in [6.45, 7) is 0.402. The number of anilines is 2. The second-order valence-corrected chi connectivity index (χ2v) is 6.33. The minimum atomic E-state index is -0.289. The molecule has 0 aliphatic rings. The SMILES string of the molecule is Fc1cccc(Cn2cnc(NC(=S)Nc3ccc(Cl)c(Cl)c3)n2)c1. The molecule has 5 nitrogen and oxygen atoms in total. The molecule has 0 saturated carbocycles.